The van der Waals surface area contributed by atoms with Gasteiger partial charge < -0.3 is 9.80 Å². The van der Waals surface area contributed by atoms with Gasteiger partial charge in [0.25, 0.3) is 11.6 Å². The zero-order chi connectivity index (χ0) is 24.4. The second-order valence-electron chi connectivity index (χ2n) is 9.19. The minimum absolute atomic E-state index is 0.0175. The number of rotatable bonds is 7. The van der Waals surface area contributed by atoms with Gasteiger partial charge in [-0.1, -0.05) is 17.4 Å². The summed E-state index contributed by atoms with van der Waals surface area (Å²) in [6.07, 6.45) is 3.18. The lowest BCUT2D eigenvalue weighted by molar-refractivity contribution is -0.384. The van der Waals surface area contributed by atoms with Crippen LogP contribution in [0.2, 0.25) is 0 Å². The van der Waals surface area contributed by atoms with E-state index in [9.17, 15) is 14.9 Å². The van der Waals surface area contributed by atoms with Crippen molar-refractivity contribution in [1.29, 1.82) is 0 Å². The molecule has 0 aliphatic carbocycles. The van der Waals surface area contributed by atoms with Gasteiger partial charge in [0.1, 0.15) is 5.69 Å². The van der Waals surface area contributed by atoms with Crippen molar-refractivity contribution in [3.63, 3.8) is 0 Å². The van der Waals surface area contributed by atoms with Gasteiger partial charge in [0, 0.05) is 37.8 Å². The Labute approximate surface area is 203 Å². The molecule has 0 bridgehead atoms. The van der Waals surface area contributed by atoms with Crippen LogP contribution in [0, 0.1) is 24.0 Å². The SMILES string of the molecule is Cc1cc(C)c2sc(N(CCN(C)C)C(=O)c3ccc(N4CCCCC4)c([N+](=O)[O-])c3)nc2c1. The van der Waals surface area contributed by atoms with Crippen LogP contribution in [-0.4, -0.2) is 61.0 Å². The molecule has 1 saturated heterocycles. The molecule has 1 fully saturated rings. The smallest absolute Gasteiger partial charge is 0.293 e. The van der Waals surface area contributed by atoms with Crippen molar-refractivity contribution in [3.8, 4) is 0 Å². The van der Waals surface area contributed by atoms with Crippen molar-refractivity contribution in [1.82, 2.24) is 9.88 Å². The molecule has 1 amide bonds. The molecule has 2 heterocycles. The first kappa shape index (κ1) is 24.1. The summed E-state index contributed by atoms with van der Waals surface area (Å²) in [6, 6.07) is 9.00. The summed E-state index contributed by atoms with van der Waals surface area (Å²) < 4.78 is 1.05. The third-order valence-corrected chi connectivity index (χ3v) is 7.40. The van der Waals surface area contributed by atoms with Crippen LogP contribution in [0.25, 0.3) is 10.2 Å². The maximum absolute atomic E-state index is 13.7. The van der Waals surface area contributed by atoms with Gasteiger partial charge in [0.2, 0.25) is 0 Å². The number of carbonyl (C=O) groups is 1. The molecular weight excluding hydrogens is 450 g/mol. The maximum atomic E-state index is 13.7. The summed E-state index contributed by atoms with van der Waals surface area (Å²) in [4.78, 5) is 35.7. The van der Waals surface area contributed by atoms with E-state index in [2.05, 4.69) is 11.0 Å². The number of nitro groups is 1. The Morgan fingerprint density at radius 3 is 2.53 bits per heavy atom. The Kier molecular flexibility index (Phi) is 7.13. The van der Waals surface area contributed by atoms with Crippen LogP contribution in [0.1, 0.15) is 40.7 Å². The monoisotopic (exact) mass is 481 g/mol. The number of hydrogen-bond donors (Lipinski definition) is 0. The Morgan fingerprint density at radius 1 is 1.12 bits per heavy atom. The molecule has 3 aromatic rings. The Bertz CT molecular complexity index is 1220. The van der Waals surface area contributed by atoms with Crippen molar-refractivity contribution < 1.29 is 9.72 Å². The highest BCUT2D eigenvalue weighted by Gasteiger charge is 2.27. The standard InChI is InChI=1S/C25H31N5O3S/c1-17-14-18(2)23-20(15-17)26-25(34-23)29(13-12-27(3)4)24(31)19-8-9-21(22(16-19)30(32)33)28-10-6-5-7-11-28/h8-9,14-16H,5-7,10-13H2,1-4H3. The Morgan fingerprint density at radius 2 is 1.85 bits per heavy atom. The molecule has 0 saturated carbocycles. The van der Waals surface area contributed by atoms with Crippen molar-refractivity contribution in [2.24, 2.45) is 0 Å². The van der Waals surface area contributed by atoms with Crippen molar-refractivity contribution in [3.05, 3.63) is 57.1 Å². The lowest BCUT2D eigenvalue weighted by Gasteiger charge is -2.28. The van der Waals surface area contributed by atoms with Gasteiger partial charge in [0.05, 0.1) is 15.1 Å². The molecule has 1 aromatic heterocycles. The average Bonchev–Trinajstić information content (AvgIpc) is 3.23. The Hall–Kier alpha value is -3.04. The molecule has 0 unspecified atom stereocenters. The minimum Gasteiger partial charge on any atom is -0.366 e. The lowest BCUT2D eigenvalue weighted by atomic mass is 10.1. The van der Waals surface area contributed by atoms with Crippen LogP contribution in [0.3, 0.4) is 0 Å². The number of thiazole rings is 1. The summed E-state index contributed by atoms with van der Waals surface area (Å²) in [5.41, 5.74) is 3.99. The molecule has 9 heteroatoms. The molecule has 8 nitrogen and oxygen atoms in total. The molecule has 0 spiro atoms. The summed E-state index contributed by atoms with van der Waals surface area (Å²) in [7, 11) is 3.90. The van der Waals surface area contributed by atoms with Crippen LogP contribution in [0.4, 0.5) is 16.5 Å². The number of benzene rings is 2. The van der Waals surface area contributed by atoms with Crippen LogP contribution in [-0.2, 0) is 0 Å². The summed E-state index contributed by atoms with van der Waals surface area (Å²) in [5.74, 6) is -0.274. The largest absolute Gasteiger partial charge is 0.366 e. The van der Waals surface area contributed by atoms with Crippen LogP contribution >= 0.6 is 11.3 Å². The third-order valence-electron chi connectivity index (χ3n) is 6.17. The zero-order valence-corrected chi connectivity index (χ0v) is 21.0. The highest BCUT2D eigenvalue weighted by atomic mass is 32.1. The molecule has 1 aliphatic heterocycles. The number of hydrogen-bond acceptors (Lipinski definition) is 7. The molecule has 0 radical (unpaired) electrons. The number of fused-ring (bicyclic) bond motifs is 1. The third kappa shape index (κ3) is 5.05. The van der Waals surface area contributed by atoms with Gasteiger partial charge >= 0.3 is 0 Å². The topological polar surface area (TPSA) is 82.8 Å². The highest BCUT2D eigenvalue weighted by molar-refractivity contribution is 7.22. The number of nitro benzene ring substituents is 1. The number of amides is 1. The molecule has 0 N–H and O–H groups in total. The fourth-order valence-electron chi connectivity index (χ4n) is 4.43. The molecular formula is C25H31N5O3S. The number of aromatic nitrogens is 1. The van der Waals surface area contributed by atoms with E-state index in [1.807, 2.05) is 38.9 Å². The Balaban J connectivity index is 1.72. The second-order valence-corrected chi connectivity index (χ2v) is 10.2. The summed E-state index contributed by atoms with van der Waals surface area (Å²) >= 11 is 1.49. The van der Waals surface area contributed by atoms with E-state index in [0.717, 1.165) is 53.7 Å². The molecule has 180 valence electrons. The number of nitrogens with zero attached hydrogens (tertiary/aromatic N) is 5. The van der Waals surface area contributed by atoms with E-state index < -0.39 is 0 Å². The first-order valence-corrected chi connectivity index (χ1v) is 12.4. The van der Waals surface area contributed by atoms with Crippen molar-refractivity contribution >= 4 is 44.0 Å². The zero-order valence-electron chi connectivity index (χ0n) is 20.2. The summed E-state index contributed by atoms with van der Waals surface area (Å²) in [6.45, 7) is 6.76. The fourth-order valence-corrected chi connectivity index (χ4v) is 5.47. The van der Waals surface area contributed by atoms with Crippen LogP contribution < -0.4 is 9.80 Å². The van der Waals surface area contributed by atoms with E-state index in [4.69, 9.17) is 4.98 Å². The van der Waals surface area contributed by atoms with Crippen molar-refractivity contribution in [2.75, 3.05) is 50.1 Å². The first-order chi connectivity index (χ1) is 16.2. The number of likely N-dealkylation sites (N-methyl/N-ethyl adjacent to an activating group) is 1. The normalized spacial score (nSPS) is 14.1. The molecule has 2 aromatic carbocycles. The molecule has 1 aliphatic rings. The molecule has 0 atom stereocenters. The van der Waals surface area contributed by atoms with E-state index in [-0.39, 0.29) is 16.5 Å². The fraction of sp³-hybridized carbons (Fsp3) is 0.440. The van der Waals surface area contributed by atoms with Gasteiger partial charge in [-0.3, -0.25) is 19.8 Å². The van der Waals surface area contributed by atoms with E-state index in [1.54, 1.807) is 17.0 Å². The van der Waals surface area contributed by atoms with Crippen LogP contribution in [0.5, 0.6) is 0 Å². The second kappa shape index (κ2) is 10.1. The van der Waals surface area contributed by atoms with Gasteiger partial charge in [-0.2, -0.15) is 0 Å². The van der Waals surface area contributed by atoms with E-state index >= 15 is 0 Å². The van der Waals surface area contributed by atoms with E-state index in [0.29, 0.717) is 29.5 Å². The minimum atomic E-state index is -0.380. The lowest BCUT2D eigenvalue weighted by Crippen LogP contribution is -2.37. The number of piperidine rings is 1. The number of carbonyl (C=O) groups excluding carboxylic acids is 1. The van der Waals surface area contributed by atoms with Gasteiger partial charge in [-0.15, -0.1) is 0 Å². The quantitative estimate of drug-likeness (QED) is 0.348. The van der Waals surface area contributed by atoms with E-state index in [1.165, 1.54) is 17.4 Å². The maximum Gasteiger partial charge on any atom is 0.293 e. The van der Waals surface area contributed by atoms with Crippen LogP contribution in [0.15, 0.2) is 30.3 Å². The first-order valence-electron chi connectivity index (χ1n) is 11.6. The number of aryl methyl sites for hydroxylation is 2. The summed E-state index contributed by atoms with van der Waals surface area (Å²) in [5, 5.41) is 12.5. The van der Waals surface area contributed by atoms with Gasteiger partial charge in [-0.05, 0) is 76.5 Å². The van der Waals surface area contributed by atoms with Gasteiger partial charge in [0.15, 0.2) is 5.13 Å². The van der Waals surface area contributed by atoms with Crippen molar-refractivity contribution in [2.45, 2.75) is 33.1 Å². The van der Waals surface area contributed by atoms with Gasteiger partial charge in [-0.25, -0.2) is 4.98 Å². The predicted octanol–water partition coefficient (Wildman–Crippen LogP) is 5.02. The highest BCUT2D eigenvalue weighted by Crippen LogP contribution is 2.35. The number of anilines is 2. The molecule has 34 heavy (non-hydrogen) atoms. The predicted molar refractivity (Wildman–Crippen MR) is 138 cm³/mol. The average molecular weight is 482 g/mol. The molecule has 4 rings (SSSR count).